The lowest BCUT2D eigenvalue weighted by molar-refractivity contribution is 0.0988. The summed E-state index contributed by atoms with van der Waals surface area (Å²) in [5, 5.41) is 0. The van der Waals surface area contributed by atoms with Gasteiger partial charge in [-0.25, -0.2) is 4.98 Å². The zero-order chi connectivity index (χ0) is 10.9. The van der Waals surface area contributed by atoms with Crippen molar-refractivity contribution in [2.24, 2.45) is 5.73 Å². The van der Waals surface area contributed by atoms with E-state index < -0.39 is 0 Å². The van der Waals surface area contributed by atoms with Crippen LogP contribution in [0.3, 0.4) is 0 Å². The molecule has 5 heteroatoms. The van der Waals surface area contributed by atoms with Crippen molar-refractivity contribution in [1.29, 1.82) is 0 Å². The highest BCUT2D eigenvalue weighted by atomic mass is 16.5. The van der Waals surface area contributed by atoms with E-state index in [1.165, 1.54) is 0 Å². The molecule has 0 aliphatic heterocycles. The van der Waals surface area contributed by atoms with Crippen LogP contribution in [0.4, 0.5) is 0 Å². The molecule has 1 aromatic heterocycles. The smallest absolute Gasteiger partial charge is 0.232 e. The number of hydrogen-bond donors (Lipinski definition) is 1. The van der Waals surface area contributed by atoms with Crippen LogP contribution in [0.15, 0.2) is 12.4 Å². The van der Waals surface area contributed by atoms with Gasteiger partial charge < -0.3 is 15.2 Å². The van der Waals surface area contributed by atoms with E-state index in [0.717, 1.165) is 18.7 Å². The third-order valence-electron chi connectivity index (χ3n) is 1.72. The molecule has 0 fully saturated rings. The van der Waals surface area contributed by atoms with Gasteiger partial charge in [-0.2, -0.15) is 0 Å². The zero-order valence-corrected chi connectivity index (χ0v) is 8.98. The quantitative estimate of drug-likeness (QED) is 0.674. The monoisotopic (exact) mass is 211 g/mol. The lowest BCUT2D eigenvalue weighted by Gasteiger charge is -2.05. The molecule has 0 atom stereocenters. The maximum absolute atomic E-state index is 5.39. The predicted molar refractivity (Wildman–Crippen MR) is 56.5 cm³/mol. The Labute approximate surface area is 89.6 Å². The molecule has 1 heterocycles. The van der Waals surface area contributed by atoms with Gasteiger partial charge in [0.15, 0.2) is 0 Å². The molecule has 0 aromatic carbocycles. The van der Waals surface area contributed by atoms with Gasteiger partial charge >= 0.3 is 0 Å². The Kier molecular flexibility index (Phi) is 5.65. The van der Waals surface area contributed by atoms with Crippen LogP contribution in [0.1, 0.15) is 19.0 Å². The highest BCUT2D eigenvalue weighted by Gasteiger charge is 1.96. The highest BCUT2D eigenvalue weighted by Crippen LogP contribution is 2.03. The number of hydrogen-bond acceptors (Lipinski definition) is 5. The largest absolute Gasteiger partial charge is 0.474 e. The molecular formula is C10H17N3O2. The molecular weight excluding hydrogens is 194 g/mol. The SMILES string of the molecule is CCCOCCOc1cnc(CN)cn1. The van der Waals surface area contributed by atoms with Crippen LogP contribution >= 0.6 is 0 Å². The zero-order valence-electron chi connectivity index (χ0n) is 8.98. The Hall–Kier alpha value is -1.20. The molecule has 0 bridgehead atoms. The van der Waals surface area contributed by atoms with Gasteiger partial charge in [0.2, 0.25) is 5.88 Å². The van der Waals surface area contributed by atoms with Gasteiger partial charge in [-0.3, -0.25) is 4.98 Å². The Morgan fingerprint density at radius 3 is 2.67 bits per heavy atom. The van der Waals surface area contributed by atoms with Crippen LogP contribution in [0.2, 0.25) is 0 Å². The molecule has 1 rings (SSSR count). The second-order valence-electron chi connectivity index (χ2n) is 3.01. The Balaban J connectivity index is 2.20. The number of rotatable bonds is 7. The topological polar surface area (TPSA) is 70.3 Å². The van der Waals surface area contributed by atoms with Crippen molar-refractivity contribution in [2.45, 2.75) is 19.9 Å². The summed E-state index contributed by atoms with van der Waals surface area (Å²) < 4.78 is 10.6. The van der Waals surface area contributed by atoms with Crippen LogP contribution in [0.25, 0.3) is 0 Å². The normalized spacial score (nSPS) is 10.3. The first-order valence-electron chi connectivity index (χ1n) is 5.08. The van der Waals surface area contributed by atoms with Crippen LogP contribution in [0, 0.1) is 0 Å². The van der Waals surface area contributed by atoms with Crippen molar-refractivity contribution in [2.75, 3.05) is 19.8 Å². The van der Waals surface area contributed by atoms with E-state index in [-0.39, 0.29) is 0 Å². The van der Waals surface area contributed by atoms with Crippen molar-refractivity contribution in [3.63, 3.8) is 0 Å². The lowest BCUT2D eigenvalue weighted by Crippen LogP contribution is -2.08. The molecule has 15 heavy (non-hydrogen) atoms. The summed E-state index contributed by atoms with van der Waals surface area (Å²) in [5.41, 5.74) is 6.15. The van der Waals surface area contributed by atoms with E-state index in [1.54, 1.807) is 12.4 Å². The van der Waals surface area contributed by atoms with E-state index in [2.05, 4.69) is 16.9 Å². The minimum Gasteiger partial charge on any atom is -0.474 e. The first-order chi connectivity index (χ1) is 7.36. The van der Waals surface area contributed by atoms with Crippen molar-refractivity contribution in [1.82, 2.24) is 9.97 Å². The summed E-state index contributed by atoms with van der Waals surface area (Å²) in [4.78, 5) is 8.11. The van der Waals surface area contributed by atoms with Gasteiger partial charge in [-0.1, -0.05) is 6.92 Å². The van der Waals surface area contributed by atoms with E-state index in [4.69, 9.17) is 15.2 Å². The van der Waals surface area contributed by atoms with Gasteiger partial charge in [-0.05, 0) is 6.42 Å². The molecule has 0 saturated carbocycles. The van der Waals surface area contributed by atoms with Crippen LogP contribution < -0.4 is 10.5 Å². The van der Waals surface area contributed by atoms with E-state index in [0.29, 0.717) is 25.6 Å². The minimum atomic E-state index is 0.396. The standard InChI is InChI=1S/C10H17N3O2/c1-2-3-14-4-5-15-10-8-12-9(6-11)7-13-10/h7-8H,2-6,11H2,1H3. The van der Waals surface area contributed by atoms with Crippen LogP contribution in [0.5, 0.6) is 5.88 Å². The third kappa shape index (κ3) is 4.71. The van der Waals surface area contributed by atoms with Gasteiger partial charge in [0.25, 0.3) is 0 Å². The Morgan fingerprint density at radius 2 is 2.07 bits per heavy atom. The molecule has 1 aromatic rings. The molecule has 0 saturated heterocycles. The number of ether oxygens (including phenoxy) is 2. The summed E-state index contributed by atoms with van der Waals surface area (Å²) in [5.74, 6) is 0.507. The lowest BCUT2D eigenvalue weighted by atomic mass is 10.5. The number of nitrogens with two attached hydrogens (primary N) is 1. The fraction of sp³-hybridized carbons (Fsp3) is 0.600. The first kappa shape index (κ1) is 11.9. The molecule has 0 aliphatic carbocycles. The van der Waals surface area contributed by atoms with Crippen LogP contribution in [-0.4, -0.2) is 29.8 Å². The van der Waals surface area contributed by atoms with Crippen molar-refractivity contribution >= 4 is 0 Å². The summed E-state index contributed by atoms with van der Waals surface area (Å²) in [6.45, 7) is 4.30. The molecule has 84 valence electrons. The maximum Gasteiger partial charge on any atom is 0.232 e. The molecule has 5 nitrogen and oxygen atoms in total. The highest BCUT2D eigenvalue weighted by molar-refractivity contribution is 5.06. The number of nitrogens with zero attached hydrogens (tertiary/aromatic N) is 2. The molecule has 0 aliphatic rings. The summed E-state index contributed by atoms with van der Waals surface area (Å²) >= 11 is 0. The van der Waals surface area contributed by atoms with E-state index in [1.807, 2.05) is 0 Å². The average Bonchev–Trinajstić information content (AvgIpc) is 2.30. The Bertz CT molecular complexity index is 264. The fourth-order valence-electron chi connectivity index (χ4n) is 0.974. The second-order valence-corrected chi connectivity index (χ2v) is 3.01. The average molecular weight is 211 g/mol. The first-order valence-corrected chi connectivity index (χ1v) is 5.08. The van der Waals surface area contributed by atoms with E-state index >= 15 is 0 Å². The van der Waals surface area contributed by atoms with Gasteiger partial charge in [-0.15, -0.1) is 0 Å². The van der Waals surface area contributed by atoms with Gasteiger partial charge in [0.1, 0.15) is 6.61 Å². The maximum atomic E-state index is 5.39. The molecule has 2 N–H and O–H groups in total. The second kappa shape index (κ2) is 7.14. The Morgan fingerprint density at radius 1 is 1.20 bits per heavy atom. The van der Waals surface area contributed by atoms with Gasteiger partial charge in [0, 0.05) is 13.2 Å². The summed E-state index contributed by atoms with van der Waals surface area (Å²) in [6.07, 6.45) is 4.20. The minimum absolute atomic E-state index is 0.396. The van der Waals surface area contributed by atoms with Gasteiger partial charge in [0.05, 0.1) is 24.7 Å². The molecule has 0 unspecified atom stereocenters. The fourth-order valence-corrected chi connectivity index (χ4v) is 0.974. The molecule has 0 radical (unpaired) electrons. The van der Waals surface area contributed by atoms with Crippen molar-refractivity contribution in [3.8, 4) is 5.88 Å². The molecule has 0 spiro atoms. The van der Waals surface area contributed by atoms with Crippen molar-refractivity contribution < 1.29 is 9.47 Å². The van der Waals surface area contributed by atoms with Crippen molar-refractivity contribution in [3.05, 3.63) is 18.1 Å². The summed E-state index contributed by atoms with van der Waals surface area (Å²) in [6, 6.07) is 0. The third-order valence-corrected chi connectivity index (χ3v) is 1.72. The number of aromatic nitrogens is 2. The predicted octanol–water partition coefficient (Wildman–Crippen LogP) is 0.741. The summed E-state index contributed by atoms with van der Waals surface area (Å²) in [7, 11) is 0. The van der Waals surface area contributed by atoms with Crippen LogP contribution in [-0.2, 0) is 11.3 Å². The molecule has 0 amide bonds. The van der Waals surface area contributed by atoms with E-state index in [9.17, 15) is 0 Å².